The molecule has 0 aliphatic carbocycles. The number of carboxylic acid groups (broad SMARTS) is 1. The molecule has 2 heterocycles. The number of aromatic carboxylic acids is 1. The molecule has 0 saturated carbocycles. The molecule has 0 saturated heterocycles. The van der Waals surface area contributed by atoms with Crippen LogP contribution in [0.3, 0.4) is 0 Å². The van der Waals surface area contributed by atoms with Gasteiger partial charge in [-0.25, -0.2) is 4.79 Å². The molecule has 19 heavy (non-hydrogen) atoms. The van der Waals surface area contributed by atoms with Gasteiger partial charge in [0.05, 0.1) is 6.54 Å². The molecule has 0 amide bonds. The number of rotatable bonds is 5. The van der Waals surface area contributed by atoms with Crippen molar-refractivity contribution in [2.45, 2.75) is 13.2 Å². The monoisotopic (exact) mass is 264 g/mol. The van der Waals surface area contributed by atoms with Gasteiger partial charge in [0.15, 0.2) is 5.76 Å². The van der Waals surface area contributed by atoms with E-state index in [0.717, 1.165) is 4.57 Å². The summed E-state index contributed by atoms with van der Waals surface area (Å²) in [6.45, 7) is 0.303. The number of pyridine rings is 1. The molecule has 2 aromatic rings. The third-order valence-electron chi connectivity index (χ3n) is 2.48. The standard InChI is InChI=1S/C12H12N2O5/c1-18-7-9-5-8(13-19-9)6-14-10(12(16)17)3-2-4-11(14)15/h2-5H,6-7H2,1H3,(H,16,17). The van der Waals surface area contributed by atoms with E-state index < -0.39 is 11.5 Å². The number of aromatic nitrogens is 2. The van der Waals surface area contributed by atoms with Crippen molar-refractivity contribution in [3.63, 3.8) is 0 Å². The predicted octanol–water partition coefficient (Wildman–Crippen LogP) is 0.729. The highest BCUT2D eigenvalue weighted by Crippen LogP contribution is 2.07. The summed E-state index contributed by atoms with van der Waals surface area (Å²) < 4.78 is 11.0. The van der Waals surface area contributed by atoms with Gasteiger partial charge < -0.3 is 14.4 Å². The number of nitrogens with zero attached hydrogens (tertiary/aromatic N) is 2. The second-order valence-corrected chi connectivity index (χ2v) is 3.86. The van der Waals surface area contributed by atoms with E-state index in [1.54, 1.807) is 6.07 Å². The van der Waals surface area contributed by atoms with Crippen LogP contribution in [0.25, 0.3) is 0 Å². The van der Waals surface area contributed by atoms with Gasteiger partial charge in [-0.1, -0.05) is 11.2 Å². The Morgan fingerprint density at radius 2 is 2.32 bits per heavy atom. The molecule has 0 bridgehead atoms. The first kappa shape index (κ1) is 13.0. The molecule has 0 atom stereocenters. The fourth-order valence-electron chi connectivity index (χ4n) is 1.67. The maximum absolute atomic E-state index is 11.7. The number of hydrogen-bond donors (Lipinski definition) is 1. The van der Waals surface area contributed by atoms with Crippen molar-refractivity contribution < 1.29 is 19.2 Å². The second-order valence-electron chi connectivity index (χ2n) is 3.86. The van der Waals surface area contributed by atoms with E-state index in [0.29, 0.717) is 11.5 Å². The van der Waals surface area contributed by atoms with Gasteiger partial charge in [0.25, 0.3) is 5.56 Å². The molecule has 0 unspecified atom stereocenters. The zero-order valence-corrected chi connectivity index (χ0v) is 10.2. The lowest BCUT2D eigenvalue weighted by Gasteiger charge is -2.06. The van der Waals surface area contributed by atoms with Crippen LogP contribution in [-0.4, -0.2) is 27.9 Å². The van der Waals surface area contributed by atoms with Gasteiger partial charge in [-0.05, 0) is 6.07 Å². The van der Waals surface area contributed by atoms with E-state index in [2.05, 4.69) is 5.16 Å². The quantitative estimate of drug-likeness (QED) is 0.855. The van der Waals surface area contributed by atoms with Crippen molar-refractivity contribution in [2.24, 2.45) is 0 Å². The molecule has 0 aliphatic rings. The lowest BCUT2D eigenvalue weighted by molar-refractivity contribution is 0.0684. The highest BCUT2D eigenvalue weighted by atomic mass is 16.5. The summed E-state index contributed by atoms with van der Waals surface area (Å²) in [5.41, 5.74) is -0.0390. The summed E-state index contributed by atoms with van der Waals surface area (Å²) in [7, 11) is 1.52. The maximum atomic E-state index is 11.7. The third kappa shape index (κ3) is 2.89. The Balaban J connectivity index is 2.32. The van der Waals surface area contributed by atoms with Gasteiger partial charge in [0.2, 0.25) is 0 Å². The number of methoxy groups -OCH3 is 1. The largest absolute Gasteiger partial charge is 0.477 e. The third-order valence-corrected chi connectivity index (χ3v) is 2.48. The Bertz CT molecular complexity index is 644. The Morgan fingerprint density at radius 3 is 3.00 bits per heavy atom. The average Bonchev–Trinajstić information content (AvgIpc) is 2.79. The zero-order chi connectivity index (χ0) is 13.8. The van der Waals surface area contributed by atoms with Crippen molar-refractivity contribution in [1.29, 1.82) is 0 Å². The minimum atomic E-state index is -1.17. The summed E-state index contributed by atoms with van der Waals surface area (Å²) >= 11 is 0. The van der Waals surface area contributed by atoms with Gasteiger partial charge in [0, 0.05) is 19.2 Å². The lowest BCUT2D eigenvalue weighted by Crippen LogP contribution is -2.25. The van der Waals surface area contributed by atoms with Crippen LogP contribution in [0.2, 0.25) is 0 Å². The van der Waals surface area contributed by atoms with E-state index in [-0.39, 0.29) is 18.8 Å². The van der Waals surface area contributed by atoms with E-state index in [1.807, 2.05) is 0 Å². The molecule has 7 nitrogen and oxygen atoms in total. The molecule has 0 spiro atoms. The minimum Gasteiger partial charge on any atom is -0.477 e. The lowest BCUT2D eigenvalue weighted by atomic mass is 10.3. The second kappa shape index (κ2) is 5.49. The van der Waals surface area contributed by atoms with Crippen LogP contribution in [0.4, 0.5) is 0 Å². The van der Waals surface area contributed by atoms with E-state index in [9.17, 15) is 9.59 Å². The van der Waals surface area contributed by atoms with Crippen LogP contribution in [0, 0.1) is 0 Å². The van der Waals surface area contributed by atoms with Crippen LogP contribution < -0.4 is 5.56 Å². The normalized spacial score (nSPS) is 10.6. The summed E-state index contributed by atoms with van der Waals surface area (Å²) in [5.74, 6) is -0.656. The van der Waals surface area contributed by atoms with Gasteiger partial charge in [-0.3, -0.25) is 9.36 Å². The SMILES string of the molecule is COCc1cc(Cn2c(C(=O)O)cccc2=O)no1. The molecule has 0 aromatic carbocycles. The van der Waals surface area contributed by atoms with Crippen LogP contribution in [0.15, 0.2) is 33.6 Å². The fourth-order valence-corrected chi connectivity index (χ4v) is 1.67. The predicted molar refractivity (Wildman–Crippen MR) is 64.0 cm³/mol. The van der Waals surface area contributed by atoms with Crippen LogP contribution >= 0.6 is 0 Å². The average molecular weight is 264 g/mol. The first-order valence-corrected chi connectivity index (χ1v) is 5.48. The van der Waals surface area contributed by atoms with Crippen LogP contribution in [0.5, 0.6) is 0 Å². The highest BCUT2D eigenvalue weighted by molar-refractivity contribution is 5.85. The van der Waals surface area contributed by atoms with Gasteiger partial charge in [0.1, 0.15) is 18.0 Å². The van der Waals surface area contributed by atoms with Gasteiger partial charge in [-0.15, -0.1) is 0 Å². The number of carboxylic acids is 1. The minimum absolute atomic E-state index is 0.0362. The Labute approximate surface area is 108 Å². The first-order valence-electron chi connectivity index (χ1n) is 5.48. The molecule has 7 heteroatoms. The first-order chi connectivity index (χ1) is 9.11. The van der Waals surface area contributed by atoms with E-state index in [4.69, 9.17) is 14.4 Å². The fraction of sp³-hybridized carbons (Fsp3) is 0.250. The molecule has 2 aromatic heterocycles. The molecule has 0 fully saturated rings. The smallest absolute Gasteiger partial charge is 0.352 e. The van der Waals surface area contributed by atoms with Crippen molar-refractivity contribution in [3.05, 3.63) is 51.8 Å². The van der Waals surface area contributed by atoms with Crippen LogP contribution in [0.1, 0.15) is 21.9 Å². The topological polar surface area (TPSA) is 94.6 Å². The zero-order valence-electron chi connectivity index (χ0n) is 10.2. The Kier molecular flexibility index (Phi) is 3.76. The molecular formula is C12H12N2O5. The van der Waals surface area contributed by atoms with Crippen molar-refractivity contribution in [2.75, 3.05) is 7.11 Å². The molecule has 100 valence electrons. The number of carbonyl (C=O) groups is 1. The Morgan fingerprint density at radius 1 is 1.53 bits per heavy atom. The molecular weight excluding hydrogens is 252 g/mol. The maximum Gasteiger partial charge on any atom is 0.352 e. The molecule has 2 rings (SSSR count). The summed E-state index contributed by atoms with van der Waals surface area (Å²) in [4.78, 5) is 22.7. The van der Waals surface area contributed by atoms with Crippen LogP contribution in [-0.2, 0) is 17.9 Å². The van der Waals surface area contributed by atoms with Crippen molar-refractivity contribution >= 4 is 5.97 Å². The molecule has 0 aliphatic heterocycles. The van der Waals surface area contributed by atoms with E-state index >= 15 is 0 Å². The summed E-state index contributed by atoms with van der Waals surface area (Å²) in [6, 6.07) is 5.68. The Hall–Kier alpha value is -2.41. The van der Waals surface area contributed by atoms with Gasteiger partial charge in [-0.2, -0.15) is 0 Å². The molecule has 0 radical (unpaired) electrons. The van der Waals surface area contributed by atoms with Crippen molar-refractivity contribution in [1.82, 2.24) is 9.72 Å². The summed E-state index contributed by atoms with van der Waals surface area (Å²) in [6.07, 6.45) is 0. The molecule has 1 N–H and O–H groups in total. The summed E-state index contributed by atoms with van der Waals surface area (Å²) in [5, 5.41) is 12.8. The number of ether oxygens (including phenoxy) is 1. The number of hydrogen-bond acceptors (Lipinski definition) is 5. The van der Waals surface area contributed by atoms with Gasteiger partial charge >= 0.3 is 5.97 Å². The van der Waals surface area contributed by atoms with E-state index in [1.165, 1.54) is 25.3 Å². The highest BCUT2D eigenvalue weighted by Gasteiger charge is 2.13. The van der Waals surface area contributed by atoms with Crippen molar-refractivity contribution in [3.8, 4) is 0 Å².